The molecule has 1 atom stereocenters. The van der Waals surface area contributed by atoms with Crippen molar-refractivity contribution in [2.24, 2.45) is 5.92 Å². The van der Waals surface area contributed by atoms with E-state index < -0.39 is 0 Å². The monoisotopic (exact) mass is 257 g/mol. The number of alkyl halides is 1. The molecule has 14 heavy (non-hydrogen) atoms. The van der Waals surface area contributed by atoms with E-state index in [0.717, 1.165) is 24.1 Å². The molecule has 0 bridgehead atoms. The van der Waals surface area contributed by atoms with Crippen LogP contribution < -0.4 is 4.90 Å². The van der Waals surface area contributed by atoms with Crippen molar-refractivity contribution in [2.45, 2.75) is 6.42 Å². The first kappa shape index (κ1) is 9.97. The first-order valence-electron chi connectivity index (χ1n) is 4.86. The SMILES string of the molecule is Fc1cccc(N2CC[C@H](CBr)C2)c1. The Morgan fingerprint density at radius 3 is 3.00 bits per heavy atom. The molecule has 1 aromatic carbocycles. The quantitative estimate of drug-likeness (QED) is 0.737. The second kappa shape index (κ2) is 4.30. The van der Waals surface area contributed by atoms with E-state index in [1.54, 1.807) is 12.1 Å². The van der Waals surface area contributed by atoms with Crippen molar-refractivity contribution in [3.05, 3.63) is 30.1 Å². The van der Waals surface area contributed by atoms with Gasteiger partial charge in [0.1, 0.15) is 5.82 Å². The number of rotatable bonds is 2. The molecule has 0 aliphatic carbocycles. The summed E-state index contributed by atoms with van der Waals surface area (Å²) in [6.07, 6.45) is 1.20. The molecule has 1 aliphatic heterocycles. The number of benzene rings is 1. The highest BCUT2D eigenvalue weighted by molar-refractivity contribution is 9.09. The van der Waals surface area contributed by atoms with E-state index in [9.17, 15) is 4.39 Å². The van der Waals surface area contributed by atoms with Gasteiger partial charge in [0.25, 0.3) is 0 Å². The Labute approximate surface area is 92.0 Å². The minimum atomic E-state index is -0.148. The second-order valence-corrected chi connectivity index (χ2v) is 4.38. The highest BCUT2D eigenvalue weighted by Crippen LogP contribution is 2.25. The van der Waals surface area contributed by atoms with Gasteiger partial charge in [0.2, 0.25) is 0 Å². The van der Waals surface area contributed by atoms with Crippen molar-refractivity contribution in [3.63, 3.8) is 0 Å². The van der Waals surface area contributed by atoms with Crippen LogP contribution in [-0.4, -0.2) is 18.4 Å². The van der Waals surface area contributed by atoms with Crippen molar-refractivity contribution in [1.82, 2.24) is 0 Å². The standard InChI is InChI=1S/C11H13BrFN/c12-7-9-4-5-14(8-9)11-3-1-2-10(13)6-11/h1-3,6,9H,4-5,7-8H2/t9-/m1/s1. The smallest absolute Gasteiger partial charge is 0.125 e. The summed E-state index contributed by atoms with van der Waals surface area (Å²) < 4.78 is 13.0. The van der Waals surface area contributed by atoms with Gasteiger partial charge in [0, 0.05) is 24.1 Å². The number of hydrogen-bond acceptors (Lipinski definition) is 1. The number of anilines is 1. The molecule has 0 unspecified atom stereocenters. The van der Waals surface area contributed by atoms with Crippen LogP contribution in [0.5, 0.6) is 0 Å². The Hall–Kier alpha value is -0.570. The maximum absolute atomic E-state index is 13.0. The van der Waals surface area contributed by atoms with Crippen molar-refractivity contribution in [3.8, 4) is 0 Å². The fraction of sp³-hybridized carbons (Fsp3) is 0.455. The van der Waals surface area contributed by atoms with Crippen molar-refractivity contribution < 1.29 is 4.39 Å². The molecule has 0 N–H and O–H groups in total. The van der Waals surface area contributed by atoms with Crippen LogP contribution in [0.15, 0.2) is 24.3 Å². The molecule has 1 fully saturated rings. The molecule has 1 nitrogen and oxygen atoms in total. The molecule has 1 aliphatic rings. The fourth-order valence-electron chi connectivity index (χ4n) is 1.87. The topological polar surface area (TPSA) is 3.24 Å². The summed E-state index contributed by atoms with van der Waals surface area (Å²) >= 11 is 3.49. The number of hydrogen-bond donors (Lipinski definition) is 0. The lowest BCUT2D eigenvalue weighted by atomic mass is 10.2. The number of nitrogens with zero attached hydrogens (tertiary/aromatic N) is 1. The summed E-state index contributed by atoms with van der Waals surface area (Å²) in [5.74, 6) is 0.558. The number of halogens is 2. The normalized spacial score (nSPS) is 21.6. The van der Waals surface area contributed by atoms with Crippen LogP contribution in [0.25, 0.3) is 0 Å². The van der Waals surface area contributed by atoms with Gasteiger partial charge in [-0.3, -0.25) is 0 Å². The Kier molecular flexibility index (Phi) is 3.06. The van der Waals surface area contributed by atoms with E-state index in [4.69, 9.17) is 0 Å². The van der Waals surface area contributed by atoms with Gasteiger partial charge in [-0.15, -0.1) is 0 Å². The molecule has 0 saturated carbocycles. The third-order valence-electron chi connectivity index (χ3n) is 2.68. The van der Waals surface area contributed by atoms with Crippen LogP contribution >= 0.6 is 15.9 Å². The van der Waals surface area contributed by atoms with Gasteiger partial charge in [-0.1, -0.05) is 22.0 Å². The third-order valence-corrected chi connectivity index (χ3v) is 3.59. The predicted octanol–water partition coefficient (Wildman–Crippen LogP) is 3.05. The van der Waals surface area contributed by atoms with Crippen LogP contribution in [0.2, 0.25) is 0 Å². The summed E-state index contributed by atoms with van der Waals surface area (Å²) in [5, 5.41) is 1.04. The molecule has 2 rings (SSSR count). The molecular weight excluding hydrogens is 245 g/mol. The van der Waals surface area contributed by atoms with Crippen LogP contribution in [-0.2, 0) is 0 Å². The minimum Gasteiger partial charge on any atom is -0.371 e. The molecule has 0 spiro atoms. The van der Waals surface area contributed by atoms with Gasteiger partial charge in [-0.2, -0.15) is 0 Å². The molecule has 0 radical (unpaired) electrons. The van der Waals surface area contributed by atoms with E-state index in [1.807, 2.05) is 6.07 Å². The summed E-state index contributed by atoms with van der Waals surface area (Å²) in [4.78, 5) is 2.25. The highest BCUT2D eigenvalue weighted by Gasteiger charge is 2.21. The Bertz CT molecular complexity index is 316. The molecule has 1 heterocycles. The maximum atomic E-state index is 13.0. The molecule has 76 valence electrons. The van der Waals surface area contributed by atoms with Crippen LogP contribution in [0.4, 0.5) is 10.1 Å². The lowest BCUT2D eigenvalue weighted by Crippen LogP contribution is -2.19. The van der Waals surface area contributed by atoms with Gasteiger partial charge in [0.15, 0.2) is 0 Å². The molecular formula is C11H13BrFN. The van der Waals surface area contributed by atoms with E-state index >= 15 is 0 Å². The second-order valence-electron chi connectivity index (χ2n) is 3.73. The van der Waals surface area contributed by atoms with E-state index in [0.29, 0.717) is 5.92 Å². The zero-order valence-corrected chi connectivity index (χ0v) is 9.50. The van der Waals surface area contributed by atoms with E-state index in [1.165, 1.54) is 12.5 Å². The van der Waals surface area contributed by atoms with Crippen LogP contribution in [0.3, 0.4) is 0 Å². The lowest BCUT2D eigenvalue weighted by molar-refractivity contribution is 0.627. The van der Waals surface area contributed by atoms with Crippen LogP contribution in [0, 0.1) is 11.7 Å². The first-order chi connectivity index (χ1) is 6.79. The summed E-state index contributed by atoms with van der Waals surface area (Å²) in [5.41, 5.74) is 1.01. The summed E-state index contributed by atoms with van der Waals surface area (Å²) in [6, 6.07) is 6.84. The van der Waals surface area contributed by atoms with Gasteiger partial charge in [-0.25, -0.2) is 4.39 Å². The molecule has 0 aromatic heterocycles. The average Bonchev–Trinajstić information content (AvgIpc) is 2.66. The zero-order chi connectivity index (χ0) is 9.97. The predicted molar refractivity (Wildman–Crippen MR) is 60.5 cm³/mol. The largest absolute Gasteiger partial charge is 0.371 e. The summed E-state index contributed by atoms with van der Waals surface area (Å²) in [6.45, 7) is 2.08. The van der Waals surface area contributed by atoms with Crippen molar-refractivity contribution in [2.75, 3.05) is 23.3 Å². The molecule has 1 saturated heterocycles. The molecule has 3 heteroatoms. The molecule has 0 amide bonds. The first-order valence-corrected chi connectivity index (χ1v) is 5.98. The van der Waals surface area contributed by atoms with E-state index in [2.05, 4.69) is 20.8 Å². The Morgan fingerprint density at radius 1 is 1.50 bits per heavy atom. The Morgan fingerprint density at radius 2 is 2.36 bits per heavy atom. The van der Waals surface area contributed by atoms with Crippen molar-refractivity contribution in [1.29, 1.82) is 0 Å². The van der Waals surface area contributed by atoms with Crippen LogP contribution in [0.1, 0.15) is 6.42 Å². The van der Waals surface area contributed by atoms with Gasteiger partial charge < -0.3 is 4.90 Å². The van der Waals surface area contributed by atoms with E-state index in [-0.39, 0.29) is 5.82 Å². The molecule has 1 aromatic rings. The van der Waals surface area contributed by atoms with Gasteiger partial charge >= 0.3 is 0 Å². The van der Waals surface area contributed by atoms with Gasteiger partial charge in [0.05, 0.1) is 0 Å². The fourth-order valence-corrected chi connectivity index (χ4v) is 2.39. The third kappa shape index (κ3) is 2.08. The lowest BCUT2D eigenvalue weighted by Gasteiger charge is -2.18. The maximum Gasteiger partial charge on any atom is 0.125 e. The van der Waals surface area contributed by atoms with Gasteiger partial charge in [-0.05, 0) is 30.5 Å². The Balaban J connectivity index is 2.09. The average molecular weight is 258 g/mol. The highest BCUT2D eigenvalue weighted by atomic mass is 79.9. The minimum absolute atomic E-state index is 0.148. The summed E-state index contributed by atoms with van der Waals surface area (Å²) in [7, 11) is 0. The zero-order valence-electron chi connectivity index (χ0n) is 7.92. The van der Waals surface area contributed by atoms with Crippen molar-refractivity contribution >= 4 is 21.6 Å².